The summed E-state index contributed by atoms with van der Waals surface area (Å²) < 4.78 is 16.2. The summed E-state index contributed by atoms with van der Waals surface area (Å²) in [7, 11) is 0. The van der Waals surface area contributed by atoms with Crippen LogP contribution in [0.2, 0.25) is 0 Å². The number of hydrogen-bond donors (Lipinski definition) is 4. The first kappa shape index (κ1) is 19.7. The van der Waals surface area contributed by atoms with E-state index < -0.39 is 11.7 Å². The first-order valence-electron chi connectivity index (χ1n) is 9.62. The number of aromatic nitrogens is 5. The standard InChI is InChI=1S/C19H22FN9O/c20-14-8-13(17(22)30)18(27-19(14)26-16-4-2-1-3-15(16)21)25-11-7-12(10-23-9-11)29-6-5-24-28-29/h5-10,15-16H,1-4,21H2,(H2,22,30)(H2,25,26,27)/t15-,16+/m0/s1. The van der Waals surface area contributed by atoms with Gasteiger partial charge in [0.2, 0.25) is 0 Å². The Labute approximate surface area is 171 Å². The average Bonchev–Trinajstić information content (AvgIpc) is 3.27. The smallest absolute Gasteiger partial charge is 0.252 e. The number of pyridine rings is 2. The van der Waals surface area contributed by atoms with Gasteiger partial charge in [0.05, 0.1) is 41.7 Å². The summed E-state index contributed by atoms with van der Waals surface area (Å²) in [6.45, 7) is 0. The largest absolute Gasteiger partial charge is 0.365 e. The molecule has 11 heteroatoms. The van der Waals surface area contributed by atoms with Gasteiger partial charge in [-0.15, -0.1) is 5.10 Å². The summed E-state index contributed by atoms with van der Waals surface area (Å²) in [5, 5.41) is 13.8. The predicted octanol–water partition coefficient (Wildman–Crippen LogP) is 1.72. The van der Waals surface area contributed by atoms with E-state index in [1.807, 2.05) is 0 Å². The highest BCUT2D eigenvalue weighted by atomic mass is 19.1. The van der Waals surface area contributed by atoms with E-state index in [1.165, 1.54) is 4.68 Å². The zero-order valence-corrected chi connectivity index (χ0v) is 16.1. The highest BCUT2D eigenvalue weighted by Gasteiger charge is 2.24. The molecule has 0 radical (unpaired) electrons. The van der Waals surface area contributed by atoms with Crippen molar-refractivity contribution in [3.8, 4) is 5.69 Å². The Bertz CT molecular complexity index is 1040. The molecule has 1 aliphatic rings. The Hall–Kier alpha value is -3.60. The maximum absolute atomic E-state index is 14.6. The van der Waals surface area contributed by atoms with E-state index in [0.29, 0.717) is 11.4 Å². The van der Waals surface area contributed by atoms with Crippen molar-refractivity contribution in [3.05, 3.63) is 48.3 Å². The molecule has 3 aromatic rings. The fraction of sp³-hybridized carbons (Fsp3) is 0.316. The summed E-state index contributed by atoms with van der Waals surface area (Å²) in [5.74, 6) is -1.33. The van der Waals surface area contributed by atoms with Crippen molar-refractivity contribution in [1.82, 2.24) is 25.0 Å². The van der Waals surface area contributed by atoms with Crippen LogP contribution in [-0.2, 0) is 0 Å². The number of anilines is 3. The second kappa shape index (κ2) is 8.41. The number of hydrogen-bond acceptors (Lipinski definition) is 8. The van der Waals surface area contributed by atoms with Gasteiger partial charge in [0, 0.05) is 12.1 Å². The summed E-state index contributed by atoms with van der Waals surface area (Å²) in [6.07, 6.45) is 10.1. The number of carbonyl (C=O) groups is 1. The first-order chi connectivity index (χ1) is 14.5. The van der Waals surface area contributed by atoms with Crippen LogP contribution in [0.25, 0.3) is 5.69 Å². The molecule has 0 bridgehead atoms. The molecule has 1 amide bonds. The van der Waals surface area contributed by atoms with E-state index in [2.05, 4.69) is 30.9 Å². The maximum Gasteiger partial charge on any atom is 0.252 e. The van der Waals surface area contributed by atoms with Gasteiger partial charge in [-0.3, -0.25) is 9.78 Å². The van der Waals surface area contributed by atoms with Gasteiger partial charge in [0.1, 0.15) is 5.82 Å². The molecule has 0 saturated heterocycles. The number of rotatable bonds is 6. The Balaban J connectivity index is 1.64. The average molecular weight is 411 g/mol. The van der Waals surface area contributed by atoms with Crippen molar-refractivity contribution in [2.24, 2.45) is 11.5 Å². The van der Waals surface area contributed by atoms with E-state index in [4.69, 9.17) is 11.5 Å². The van der Waals surface area contributed by atoms with Crippen molar-refractivity contribution >= 4 is 23.2 Å². The molecule has 4 rings (SSSR count). The number of primary amides is 1. The molecule has 6 N–H and O–H groups in total. The Morgan fingerprint density at radius 3 is 2.77 bits per heavy atom. The fourth-order valence-corrected chi connectivity index (χ4v) is 3.49. The van der Waals surface area contributed by atoms with Crippen molar-refractivity contribution < 1.29 is 9.18 Å². The molecule has 0 unspecified atom stereocenters. The van der Waals surface area contributed by atoms with Crippen LogP contribution in [0.15, 0.2) is 36.9 Å². The van der Waals surface area contributed by atoms with Crippen molar-refractivity contribution in [1.29, 1.82) is 0 Å². The van der Waals surface area contributed by atoms with Crippen LogP contribution < -0.4 is 22.1 Å². The summed E-state index contributed by atoms with van der Waals surface area (Å²) >= 11 is 0. The lowest BCUT2D eigenvalue weighted by molar-refractivity contribution is 0.100. The minimum absolute atomic E-state index is 0.0187. The van der Waals surface area contributed by atoms with Crippen molar-refractivity contribution in [2.45, 2.75) is 37.8 Å². The number of nitrogens with two attached hydrogens (primary N) is 2. The van der Waals surface area contributed by atoms with Crippen molar-refractivity contribution in [3.63, 3.8) is 0 Å². The zero-order valence-electron chi connectivity index (χ0n) is 16.1. The monoisotopic (exact) mass is 411 g/mol. The van der Waals surface area contributed by atoms with Gasteiger partial charge < -0.3 is 22.1 Å². The van der Waals surface area contributed by atoms with Gasteiger partial charge >= 0.3 is 0 Å². The molecule has 0 spiro atoms. The molecule has 0 aromatic carbocycles. The van der Waals surface area contributed by atoms with Crippen LogP contribution in [0.5, 0.6) is 0 Å². The van der Waals surface area contributed by atoms with Crippen molar-refractivity contribution in [2.75, 3.05) is 10.6 Å². The van der Waals surface area contributed by atoms with E-state index in [9.17, 15) is 9.18 Å². The predicted molar refractivity (Wildman–Crippen MR) is 109 cm³/mol. The molecule has 3 aromatic heterocycles. The second-order valence-electron chi connectivity index (χ2n) is 7.18. The third-order valence-corrected chi connectivity index (χ3v) is 5.06. The Kier molecular flexibility index (Phi) is 5.53. The number of nitrogens with one attached hydrogen (secondary N) is 2. The highest BCUT2D eigenvalue weighted by molar-refractivity contribution is 5.98. The van der Waals surface area contributed by atoms with Gasteiger partial charge in [-0.2, -0.15) is 0 Å². The summed E-state index contributed by atoms with van der Waals surface area (Å²) in [5.41, 5.74) is 12.7. The van der Waals surface area contributed by atoms with E-state index >= 15 is 0 Å². The third-order valence-electron chi connectivity index (χ3n) is 5.06. The first-order valence-corrected chi connectivity index (χ1v) is 9.62. The van der Waals surface area contributed by atoms with Crippen LogP contribution in [-0.4, -0.2) is 43.0 Å². The quantitative estimate of drug-likeness (QED) is 0.479. The summed E-state index contributed by atoms with van der Waals surface area (Å²) in [4.78, 5) is 20.3. The van der Waals surface area contributed by atoms with Gasteiger partial charge in [-0.25, -0.2) is 14.1 Å². The molecule has 3 heterocycles. The molecular formula is C19H22FN9O. The minimum atomic E-state index is -0.801. The lowest BCUT2D eigenvalue weighted by Gasteiger charge is -2.30. The number of amides is 1. The molecular weight excluding hydrogens is 389 g/mol. The van der Waals surface area contributed by atoms with Crippen LogP contribution in [0, 0.1) is 5.82 Å². The van der Waals surface area contributed by atoms with E-state index in [1.54, 1.807) is 30.9 Å². The molecule has 1 saturated carbocycles. The van der Waals surface area contributed by atoms with Gasteiger partial charge in [0.25, 0.3) is 5.91 Å². The number of halogens is 1. The molecule has 1 aliphatic carbocycles. The van der Waals surface area contributed by atoms with Gasteiger partial charge in [-0.1, -0.05) is 18.1 Å². The van der Waals surface area contributed by atoms with Crippen LogP contribution in [0.1, 0.15) is 36.0 Å². The molecule has 156 valence electrons. The maximum atomic E-state index is 14.6. The zero-order chi connectivity index (χ0) is 21.1. The number of nitrogens with zero attached hydrogens (tertiary/aromatic N) is 5. The fourth-order valence-electron chi connectivity index (χ4n) is 3.49. The summed E-state index contributed by atoms with van der Waals surface area (Å²) in [6, 6.07) is 2.63. The molecule has 2 atom stereocenters. The minimum Gasteiger partial charge on any atom is -0.365 e. The normalized spacial score (nSPS) is 18.7. The second-order valence-corrected chi connectivity index (χ2v) is 7.18. The number of carbonyl (C=O) groups excluding carboxylic acids is 1. The third kappa shape index (κ3) is 4.20. The Morgan fingerprint density at radius 2 is 2.03 bits per heavy atom. The van der Waals surface area contributed by atoms with Crippen LogP contribution in [0.4, 0.5) is 21.7 Å². The van der Waals surface area contributed by atoms with E-state index in [0.717, 1.165) is 31.7 Å². The van der Waals surface area contributed by atoms with Gasteiger partial charge in [-0.05, 0) is 25.0 Å². The molecule has 10 nitrogen and oxygen atoms in total. The van der Waals surface area contributed by atoms with Crippen LogP contribution >= 0.6 is 0 Å². The topological polar surface area (TPSA) is 150 Å². The lowest BCUT2D eigenvalue weighted by Crippen LogP contribution is -2.43. The molecule has 30 heavy (non-hydrogen) atoms. The lowest BCUT2D eigenvalue weighted by atomic mass is 9.91. The highest BCUT2D eigenvalue weighted by Crippen LogP contribution is 2.27. The Morgan fingerprint density at radius 1 is 1.20 bits per heavy atom. The molecule has 0 aliphatic heterocycles. The van der Waals surface area contributed by atoms with E-state index in [-0.39, 0.29) is 29.3 Å². The molecule has 1 fully saturated rings. The SMILES string of the molecule is NC(=O)c1cc(F)c(N[C@@H]2CCCC[C@@H]2N)nc1Nc1cncc(-n2ccnn2)c1. The van der Waals surface area contributed by atoms with Gasteiger partial charge in [0.15, 0.2) is 11.6 Å². The van der Waals surface area contributed by atoms with Crippen LogP contribution in [0.3, 0.4) is 0 Å².